The number of anilines is 1. The predicted molar refractivity (Wildman–Crippen MR) is 70.9 cm³/mol. The number of nitriles is 1. The lowest BCUT2D eigenvalue weighted by Gasteiger charge is -2.12. The van der Waals surface area contributed by atoms with Gasteiger partial charge in [-0.25, -0.2) is 0 Å². The van der Waals surface area contributed by atoms with Gasteiger partial charge in [-0.2, -0.15) is 5.26 Å². The van der Waals surface area contributed by atoms with E-state index in [9.17, 15) is 0 Å². The molecule has 1 unspecified atom stereocenters. The van der Waals surface area contributed by atoms with E-state index in [1.165, 1.54) is 6.42 Å². The van der Waals surface area contributed by atoms with Crippen LogP contribution in [0.2, 0.25) is 0 Å². The Morgan fingerprint density at radius 1 is 1.53 bits per heavy atom. The fourth-order valence-electron chi connectivity index (χ4n) is 2.00. The molecule has 1 N–H and O–H groups in total. The molecule has 1 heterocycles. The largest absolute Gasteiger partial charge is 0.384 e. The van der Waals surface area contributed by atoms with Gasteiger partial charge in [-0.3, -0.25) is 0 Å². The van der Waals surface area contributed by atoms with Gasteiger partial charge >= 0.3 is 0 Å². The van der Waals surface area contributed by atoms with Gasteiger partial charge in [-0.15, -0.1) is 0 Å². The molecule has 0 spiro atoms. The third-order valence-corrected chi connectivity index (χ3v) is 3.40. The molecule has 0 aliphatic carbocycles. The van der Waals surface area contributed by atoms with Gasteiger partial charge in [0.2, 0.25) is 0 Å². The Kier molecular flexibility index (Phi) is 4.41. The maximum Gasteiger partial charge on any atom is 0.101 e. The van der Waals surface area contributed by atoms with Crippen molar-refractivity contribution in [2.75, 3.05) is 18.5 Å². The second-order valence-electron chi connectivity index (χ2n) is 4.15. The van der Waals surface area contributed by atoms with E-state index in [1.807, 2.05) is 18.2 Å². The summed E-state index contributed by atoms with van der Waals surface area (Å²) in [4.78, 5) is 0. The van der Waals surface area contributed by atoms with Gasteiger partial charge in [-0.1, -0.05) is 15.9 Å². The fraction of sp³-hybridized carbons (Fsp3) is 0.462. The quantitative estimate of drug-likeness (QED) is 0.927. The van der Waals surface area contributed by atoms with Crippen molar-refractivity contribution in [1.82, 2.24) is 0 Å². The average Bonchev–Trinajstić information content (AvgIpc) is 2.82. The third-order valence-electron chi connectivity index (χ3n) is 2.91. The Hall–Kier alpha value is -1.05. The smallest absolute Gasteiger partial charge is 0.101 e. The van der Waals surface area contributed by atoms with Crippen molar-refractivity contribution < 1.29 is 4.74 Å². The second-order valence-corrected chi connectivity index (χ2v) is 5.07. The molecule has 2 rings (SSSR count). The van der Waals surface area contributed by atoms with Crippen LogP contribution >= 0.6 is 15.9 Å². The summed E-state index contributed by atoms with van der Waals surface area (Å²) < 4.78 is 6.54. The first kappa shape index (κ1) is 12.4. The molecule has 1 atom stereocenters. The minimum absolute atomic E-state index is 0.389. The minimum atomic E-state index is 0.389. The lowest BCUT2D eigenvalue weighted by atomic mass is 10.1. The van der Waals surface area contributed by atoms with Crippen LogP contribution in [-0.4, -0.2) is 19.3 Å². The van der Waals surface area contributed by atoms with E-state index >= 15 is 0 Å². The number of rotatable bonds is 4. The van der Waals surface area contributed by atoms with Crippen LogP contribution < -0.4 is 5.32 Å². The maximum atomic E-state index is 8.99. The molecule has 0 bridgehead atoms. The highest BCUT2D eigenvalue weighted by Crippen LogP contribution is 2.21. The normalized spacial score (nSPS) is 18.9. The van der Waals surface area contributed by atoms with Crippen molar-refractivity contribution in [3.8, 4) is 6.07 Å². The van der Waals surface area contributed by atoms with Gasteiger partial charge in [-0.05, 0) is 37.5 Å². The Labute approximate surface area is 110 Å². The molecule has 1 aromatic carbocycles. The standard InChI is InChI=1S/C13H15BrN2O/c14-11-4-3-10(9-15)13(8-11)16-6-5-12-2-1-7-17-12/h3-4,8,12,16H,1-2,5-7H2. The highest BCUT2D eigenvalue weighted by Gasteiger charge is 2.14. The zero-order chi connectivity index (χ0) is 12.1. The van der Waals surface area contributed by atoms with Gasteiger partial charge in [0, 0.05) is 17.6 Å². The van der Waals surface area contributed by atoms with Crippen molar-refractivity contribution in [2.45, 2.75) is 25.4 Å². The van der Waals surface area contributed by atoms with Gasteiger partial charge in [0.1, 0.15) is 6.07 Å². The van der Waals surface area contributed by atoms with E-state index in [1.54, 1.807) is 0 Å². The van der Waals surface area contributed by atoms with Gasteiger partial charge in [0.15, 0.2) is 0 Å². The first-order chi connectivity index (χ1) is 8.29. The number of hydrogen-bond donors (Lipinski definition) is 1. The molecule has 1 aliphatic rings. The summed E-state index contributed by atoms with van der Waals surface area (Å²) in [6.45, 7) is 1.74. The van der Waals surface area contributed by atoms with Crippen LogP contribution in [0.3, 0.4) is 0 Å². The molecule has 0 aromatic heterocycles. The van der Waals surface area contributed by atoms with E-state index < -0.39 is 0 Å². The van der Waals surface area contributed by atoms with Crippen LogP contribution in [0.5, 0.6) is 0 Å². The lowest BCUT2D eigenvalue weighted by molar-refractivity contribution is 0.107. The summed E-state index contributed by atoms with van der Waals surface area (Å²) in [5, 5.41) is 12.3. The van der Waals surface area contributed by atoms with E-state index in [0.717, 1.165) is 36.2 Å². The highest BCUT2D eigenvalue weighted by atomic mass is 79.9. The molecule has 90 valence electrons. The fourth-order valence-corrected chi connectivity index (χ4v) is 2.36. The van der Waals surface area contributed by atoms with Crippen LogP contribution in [0.15, 0.2) is 22.7 Å². The molecule has 1 aromatic rings. The summed E-state index contributed by atoms with van der Waals surface area (Å²) >= 11 is 3.41. The molecular formula is C13H15BrN2O. The van der Waals surface area contributed by atoms with Crippen molar-refractivity contribution in [3.05, 3.63) is 28.2 Å². The number of ether oxygens (including phenoxy) is 1. The van der Waals surface area contributed by atoms with Crippen molar-refractivity contribution in [3.63, 3.8) is 0 Å². The summed E-state index contributed by atoms with van der Waals surface area (Å²) in [7, 11) is 0. The number of benzene rings is 1. The van der Waals surface area contributed by atoms with Gasteiger partial charge in [0.25, 0.3) is 0 Å². The summed E-state index contributed by atoms with van der Waals surface area (Å²) in [5.74, 6) is 0. The molecule has 3 nitrogen and oxygen atoms in total. The molecule has 1 saturated heterocycles. The molecule has 1 aliphatic heterocycles. The number of nitrogens with one attached hydrogen (secondary N) is 1. The zero-order valence-corrected chi connectivity index (χ0v) is 11.2. The van der Waals surface area contributed by atoms with E-state index in [2.05, 4.69) is 27.3 Å². The first-order valence-corrected chi connectivity index (χ1v) is 6.64. The molecule has 1 fully saturated rings. The first-order valence-electron chi connectivity index (χ1n) is 5.85. The van der Waals surface area contributed by atoms with E-state index in [4.69, 9.17) is 10.00 Å². The van der Waals surface area contributed by atoms with Crippen molar-refractivity contribution in [2.24, 2.45) is 0 Å². The van der Waals surface area contributed by atoms with Crippen LogP contribution in [-0.2, 0) is 4.74 Å². The maximum absolute atomic E-state index is 8.99. The Morgan fingerprint density at radius 3 is 3.12 bits per heavy atom. The van der Waals surface area contributed by atoms with Crippen LogP contribution in [0.4, 0.5) is 5.69 Å². The van der Waals surface area contributed by atoms with Crippen molar-refractivity contribution >= 4 is 21.6 Å². The number of hydrogen-bond acceptors (Lipinski definition) is 3. The van der Waals surface area contributed by atoms with Crippen LogP contribution in [0.1, 0.15) is 24.8 Å². The number of nitrogens with zero attached hydrogens (tertiary/aromatic N) is 1. The Bertz CT molecular complexity index is 422. The Balaban J connectivity index is 1.89. The second kappa shape index (κ2) is 6.04. The molecule has 0 amide bonds. The summed E-state index contributed by atoms with van der Waals surface area (Å²) in [6.07, 6.45) is 3.72. The lowest BCUT2D eigenvalue weighted by Crippen LogP contribution is -2.12. The topological polar surface area (TPSA) is 45.0 Å². The molecular weight excluding hydrogens is 280 g/mol. The average molecular weight is 295 g/mol. The molecule has 17 heavy (non-hydrogen) atoms. The SMILES string of the molecule is N#Cc1ccc(Br)cc1NCCC1CCCO1. The van der Waals surface area contributed by atoms with E-state index in [-0.39, 0.29) is 0 Å². The molecule has 4 heteroatoms. The van der Waals surface area contributed by atoms with Gasteiger partial charge < -0.3 is 10.1 Å². The third kappa shape index (κ3) is 3.45. The molecule has 0 saturated carbocycles. The summed E-state index contributed by atoms with van der Waals surface area (Å²) in [5.41, 5.74) is 1.57. The van der Waals surface area contributed by atoms with E-state index in [0.29, 0.717) is 11.7 Å². The van der Waals surface area contributed by atoms with Crippen LogP contribution in [0.25, 0.3) is 0 Å². The minimum Gasteiger partial charge on any atom is -0.384 e. The van der Waals surface area contributed by atoms with Crippen LogP contribution in [0, 0.1) is 11.3 Å². The van der Waals surface area contributed by atoms with Crippen molar-refractivity contribution in [1.29, 1.82) is 5.26 Å². The molecule has 0 radical (unpaired) electrons. The highest BCUT2D eigenvalue weighted by molar-refractivity contribution is 9.10. The zero-order valence-electron chi connectivity index (χ0n) is 9.58. The summed E-state index contributed by atoms with van der Waals surface area (Å²) in [6, 6.07) is 7.82. The number of halogens is 1. The Morgan fingerprint density at radius 2 is 2.41 bits per heavy atom. The van der Waals surface area contributed by atoms with Gasteiger partial charge in [0.05, 0.1) is 17.4 Å². The predicted octanol–water partition coefficient (Wildman–Crippen LogP) is 3.30. The monoisotopic (exact) mass is 294 g/mol.